The maximum Gasteiger partial charge on any atom is 0.122 e. The molecule has 19 heavy (non-hydrogen) atoms. The Kier molecular flexibility index (Phi) is 4.83. The van der Waals surface area contributed by atoms with E-state index in [0.717, 1.165) is 16.9 Å². The summed E-state index contributed by atoms with van der Waals surface area (Å²) < 4.78 is 5.34. The summed E-state index contributed by atoms with van der Waals surface area (Å²) >= 11 is 6.03. The van der Waals surface area contributed by atoms with Crippen LogP contribution < -0.4 is 4.74 Å². The van der Waals surface area contributed by atoms with Crippen molar-refractivity contribution in [1.29, 1.82) is 0 Å². The van der Waals surface area contributed by atoms with Gasteiger partial charge in [-0.15, -0.1) is 0 Å². The number of methoxy groups -OCH3 is 1. The molecule has 3 heteroatoms. The number of benzene rings is 2. The highest BCUT2D eigenvalue weighted by molar-refractivity contribution is 6.30. The molecule has 0 spiro atoms. The highest BCUT2D eigenvalue weighted by atomic mass is 35.5. The Morgan fingerprint density at radius 3 is 2.53 bits per heavy atom. The SMILES string of the molecule is COc1ccc(Cl)cc1CC(CO)c1ccccc1. The Balaban J connectivity index is 2.26. The standard InChI is InChI=1S/C16H17ClO2/c1-19-16-8-7-15(17)10-13(16)9-14(11-18)12-5-3-2-4-6-12/h2-8,10,14,18H,9,11H2,1H3. The molecule has 1 N–H and O–H groups in total. The molecule has 2 nitrogen and oxygen atoms in total. The van der Waals surface area contributed by atoms with Crippen molar-refractivity contribution in [3.8, 4) is 5.75 Å². The van der Waals surface area contributed by atoms with Gasteiger partial charge in [0.05, 0.1) is 13.7 Å². The van der Waals surface area contributed by atoms with E-state index in [0.29, 0.717) is 11.4 Å². The van der Waals surface area contributed by atoms with E-state index in [4.69, 9.17) is 16.3 Å². The van der Waals surface area contributed by atoms with Gasteiger partial charge >= 0.3 is 0 Å². The van der Waals surface area contributed by atoms with Crippen LogP contribution in [0.3, 0.4) is 0 Å². The first-order valence-corrected chi connectivity index (χ1v) is 6.60. The van der Waals surface area contributed by atoms with E-state index in [1.807, 2.05) is 42.5 Å². The third-order valence-corrected chi connectivity index (χ3v) is 3.44. The molecule has 100 valence electrons. The summed E-state index contributed by atoms with van der Waals surface area (Å²) in [5.74, 6) is 0.854. The van der Waals surface area contributed by atoms with E-state index in [9.17, 15) is 5.11 Å². The molecule has 0 aliphatic rings. The van der Waals surface area contributed by atoms with Crippen molar-refractivity contribution in [1.82, 2.24) is 0 Å². The summed E-state index contributed by atoms with van der Waals surface area (Å²) in [6.45, 7) is 0.0969. The number of hydrogen-bond donors (Lipinski definition) is 1. The third kappa shape index (κ3) is 3.49. The first-order chi connectivity index (χ1) is 9.24. The first kappa shape index (κ1) is 13.9. The van der Waals surface area contributed by atoms with Gasteiger partial charge in [0.2, 0.25) is 0 Å². The maximum absolute atomic E-state index is 9.60. The fourth-order valence-corrected chi connectivity index (χ4v) is 2.38. The zero-order valence-corrected chi connectivity index (χ0v) is 11.6. The van der Waals surface area contributed by atoms with Crippen LogP contribution in [0.2, 0.25) is 5.02 Å². The molecule has 1 atom stereocenters. The van der Waals surface area contributed by atoms with Crippen LogP contribution in [-0.4, -0.2) is 18.8 Å². The topological polar surface area (TPSA) is 29.5 Å². The molecule has 0 aromatic heterocycles. The van der Waals surface area contributed by atoms with E-state index in [2.05, 4.69) is 0 Å². The highest BCUT2D eigenvalue weighted by Crippen LogP contribution is 2.28. The van der Waals surface area contributed by atoms with Crippen LogP contribution in [0.1, 0.15) is 17.0 Å². The molecule has 0 radical (unpaired) electrons. The lowest BCUT2D eigenvalue weighted by Crippen LogP contribution is -2.08. The van der Waals surface area contributed by atoms with Crippen molar-refractivity contribution in [3.05, 3.63) is 64.7 Å². The van der Waals surface area contributed by atoms with Crippen molar-refractivity contribution < 1.29 is 9.84 Å². The Hall–Kier alpha value is -1.51. The number of aliphatic hydroxyl groups excluding tert-OH is 1. The Bertz CT molecular complexity index is 526. The monoisotopic (exact) mass is 276 g/mol. The third-order valence-electron chi connectivity index (χ3n) is 3.20. The molecule has 0 saturated carbocycles. The molecule has 0 aliphatic heterocycles. The van der Waals surface area contributed by atoms with Crippen molar-refractivity contribution >= 4 is 11.6 Å². The van der Waals surface area contributed by atoms with Gasteiger partial charge in [-0.1, -0.05) is 41.9 Å². The van der Waals surface area contributed by atoms with E-state index in [1.165, 1.54) is 0 Å². The van der Waals surface area contributed by atoms with Gasteiger partial charge in [-0.2, -0.15) is 0 Å². The molecule has 1 unspecified atom stereocenters. The molecule has 2 aromatic rings. The minimum Gasteiger partial charge on any atom is -0.496 e. The number of aliphatic hydroxyl groups is 1. The molecule has 2 rings (SSSR count). The minimum absolute atomic E-state index is 0.0496. The number of rotatable bonds is 5. The van der Waals surface area contributed by atoms with Gasteiger partial charge < -0.3 is 9.84 Å². The second-order valence-electron chi connectivity index (χ2n) is 4.45. The van der Waals surface area contributed by atoms with Gasteiger partial charge in [0.1, 0.15) is 5.75 Å². The molecular formula is C16H17ClO2. The summed E-state index contributed by atoms with van der Waals surface area (Å²) in [6, 6.07) is 15.5. The van der Waals surface area contributed by atoms with E-state index in [1.54, 1.807) is 13.2 Å². The normalized spacial score (nSPS) is 12.2. The second-order valence-corrected chi connectivity index (χ2v) is 4.89. The molecule has 2 aromatic carbocycles. The van der Waals surface area contributed by atoms with Gasteiger partial charge in [-0.05, 0) is 35.7 Å². The average molecular weight is 277 g/mol. The Labute approximate surface area is 118 Å². The van der Waals surface area contributed by atoms with E-state index >= 15 is 0 Å². The van der Waals surface area contributed by atoms with E-state index in [-0.39, 0.29) is 12.5 Å². The number of halogens is 1. The second kappa shape index (κ2) is 6.60. The summed E-state index contributed by atoms with van der Waals surface area (Å²) in [6.07, 6.45) is 0.699. The zero-order valence-electron chi connectivity index (χ0n) is 10.8. The molecule has 0 fully saturated rings. The van der Waals surface area contributed by atoms with Crippen molar-refractivity contribution in [2.75, 3.05) is 13.7 Å². The lowest BCUT2D eigenvalue weighted by molar-refractivity contribution is 0.263. The largest absolute Gasteiger partial charge is 0.496 e. The summed E-state index contributed by atoms with van der Waals surface area (Å²) in [5, 5.41) is 10.3. The summed E-state index contributed by atoms with van der Waals surface area (Å²) in [7, 11) is 1.64. The lowest BCUT2D eigenvalue weighted by Gasteiger charge is -2.17. The zero-order chi connectivity index (χ0) is 13.7. The highest BCUT2D eigenvalue weighted by Gasteiger charge is 2.14. The summed E-state index contributed by atoms with van der Waals surface area (Å²) in [5.41, 5.74) is 2.13. The van der Waals surface area contributed by atoms with Gasteiger partial charge in [0, 0.05) is 10.9 Å². The van der Waals surface area contributed by atoms with Crippen molar-refractivity contribution in [2.45, 2.75) is 12.3 Å². The molecule has 0 amide bonds. The maximum atomic E-state index is 9.60. The Morgan fingerprint density at radius 2 is 1.89 bits per heavy atom. The minimum atomic E-state index is 0.0496. The van der Waals surface area contributed by atoms with Crippen LogP contribution in [0, 0.1) is 0 Å². The predicted octanol–water partition coefficient (Wildman–Crippen LogP) is 3.67. The van der Waals surface area contributed by atoms with Gasteiger partial charge in [0.25, 0.3) is 0 Å². The predicted molar refractivity (Wildman–Crippen MR) is 78.0 cm³/mol. The smallest absolute Gasteiger partial charge is 0.122 e. The van der Waals surface area contributed by atoms with Crippen molar-refractivity contribution in [2.24, 2.45) is 0 Å². The Morgan fingerprint density at radius 1 is 1.16 bits per heavy atom. The summed E-state index contributed by atoms with van der Waals surface area (Å²) in [4.78, 5) is 0. The number of ether oxygens (including phenoxy) is 1. The van der Waals surface area contributed by atoms with Crippen molar-refractivity contribution in [3.63, 3.8) is 0 Å². The van der Waals surface area contributed by atoms with Crippen LogP contribution in [0.4, 0.5) is 0 Å². The van der Waals surface area contributed by atoms with Crippen LogP contribution in [0.15, 0.2) is 48.5 Å². The van der Waals surface area contributed by atoms with Crippen LogP contribution in [0.25, 0.3) is 0 Å². The average Bonchev–Trinajstić information content (AvgIpc) is 2.46. The number of hydrogen-bond acceptors (Lipinski definition) is 2. The van der Waals surface area contributed by atoms with Gasteiger partial charge in [-0.3, -0.25) is 0 Å². The molecule has 0 aliphatic carbocycles. The molecule has 0 bridgehead atoms. The van der Waals surface area contributed by atoms with Crippen LogP contribution >= 0.6 is 11.6 Å². The molecular weight excluding hydrogens is 260 g/mol. The first-order valence-electron chi connectivity index (χ1n) is 6.23. The quantitative estimate of drug-likeness (QED) is 0.903. The lowest BCUT2D eigenvalue weighted by atomic mass is 9.92. The fraction of sp³-hybridized carbons (Fsp3) is 0.250. The van der Waals surface area contributed by atoms with Gasteiger partial charge in [0.15, 0.2) is 0 Å². The molecule has 0 heterocycles. The van der Waals surface area contributed by atoms with E-state index < -0.39 is 0 Å². The van der Waals surface area contributed by atoms with Crippen LogP contribution in [-0.2, 0) is 6.42 Å². The van der Waals surface area contributed by atoms with Gasteiger partial charge in [-0.25, -0.2) is 0 Å². The van der Waals surface area contributed by atoms with Crippen LogP contribution in [0.5, 0.6) is 5.75 Å². The fourth-order valence-electron chi connectivity index (χ4n) is 2.19. The molecule has 0 saturated heterocycles.